The van der Waals surface area contributed by atoms with Crippen LogP contribution in [0, 0.1) is 13.8 Å². The maximum absolute atomic E-state index is 13.2. The van der Waals surface area contributed by atoms with Gasteiger partial charge in [0.15, 0.2) is 5.60 Å². The molecule has 0 atom stereocenters. The highest BCUT2D eigenvalue weighted by Crippen LogP contribution is 2.30. The molecule has 5 nitrogen and oxygen atoms in total. The molecule has 0 aliphatic carbocycles. The van der Waals surface area contributed by atoms with Crippen LogP contribution in [-0.4, -0.2) is 21.8 Å². The smallest absolute Gasteiger partial charge is 0.281 e. The van der Waals surface area contributed by atoms with Gasteiger partial charge in [0.2, 0.25) is 0 Å². The van der Waals surface area contributed by atoms with Crippen LogP contribution >= 0.6 is 23.2 Å². The Hall–Kier alpha value is -3.38. The summed E-state index contributed by atoms with van der Waals surface area (Å²) < 4.78 is 2.01. The molecule has 3 aromatic carbocycles. The summed E-state index contributed by atoms with van der Waals surface area (Å²) in [4.78, 5) is 13.2. The number of halogens is 2. The highest BCUT2D eigenvalue weighted by molar-refractivity contribution is 6.34. The predicted octanol–water partition coefficient (Wildman–Crippen LogP) is 5.79. The van der Waals surface area contributed by atoms with E-state index in [9.17, 15) is 9.90 Å². The van der Waals surface area contributed by atoms with Crippen molar-refractivity contribution in [2.24, 2.45) is 5.10 Å². The van der Waals surface area contributed by atoms with Crippen molar-refractivity contribution in [1.29, 1.82) is 0 Å². The second-order valence-electron chi connectivity index (χ2n) is 7.93. The number of rotatable bonds is 6. The normalized spacial score (nSPS) is 11.7. The molecule has 1 amide bonds. The van der Waals surface area contributed by atoms with Gasteiger partial charge in [-0.1, -0.05) is 83.9 Å². The lowest BCUT2D eigenvalue weighted by atomic mass is 9.85. The molecule has 4 aromatic rings. The minimum Gasteiger partial charge on any atom is -0.372 e. The zero-order valence-corrected chi connectivity index (χ0v) is 20.2. The second kappa shape index (κ2) is 9.85. The molecule has 0 spiro atoms. The molecule has 7 heteroatoms. The van der Waals surface area contributed by atoms with Crippen LogP contribution in [0.3, 0.4) is 0 Å². The van der Waals surface area contributed by atoms with E-state index in [-0.39, 0.29) is 0 Å². The molecule has 0 bridgehead atoms. The Morgan fingerprint density at radius 1 is 0.912 bits per heavy atom. The largest absolute Gasteiger partial charge is 0.372 e. The van der Waals surface area contributed by atoms with E-state index in [4.69, 9.17) is 23.2 Å². The summed E-state index contributed by atoms with van der Waals surface area (Å²) in [5, 5.41) is 16.7. The summed E-state index contributed by atoms with van der Waals surface area (Å²) in [5.41, 5.74) is 5.00. The third kappa shape index (κ3) is 4.64. The molecular formula is C27H23Cl2N3O2. The molecule has 1 aromatic heterocycles. The molecule has 0 radical (unpaired) electrons. The van der Waals surface area contributed by atoms with Gasteiger partial charge < -0.3 is 9.67 Å². The number of aromatic nitrogens is 1. The van der Waals surface area contributed by atoms with Crippen LogP contribution < -0.4 is 5.43 Å². The van der Waals surface area contributed by atoms with E-state index in [0.717, 1.165) is 22.6 Å². The number of hydrogen-bond donors (Lipinski definition) is 2. The van der Waals surface area contributed by atoms with Crippen molar-refractivity contribution in [3.05, 3.63) is 123 Å². The summed E-state index contributed by atoms with van der Waals surface area (Å²) >= 11 is 12.4. The van der Waals surface area contributed by atoms with Gasteiger partial charge in [0, 0.05) is 32.7 Å². The van der Waals surface area contributed by atoms with Crippen molar-refractivity contribution in [2.75, 3.05) is 0 Å². The molecule has 34 heavy (non-hydrogen) atoms. The Morgan fingerprint density at radius 3 is 1.97 bits per heavy atom. The molecule has 0 fully saturated rings. The highest BCUT2D eigenvalue weighted by Gasteiger charge is 2.39. The number of hydrazone groups is 1. The number of aryl methyl sites for hydroxylation is 1. The van der Waals surface area contributed by atoms with E-state index in [1.807, 2.05) is 48.7 Å². The van der Waals surface area contributed by atoms with Gasteiger partial charge in [-0.2, -0.15) is 5.10 Å². The van der Waals surface area contributed by atoms with Crippen molar-refractivity contribution in [2.45, 2.75) is 19.4 Å². The number of aliphatic hydroxyl groups is 1. The summed E-state index contributed by atoms with van der Waals surface area (Å²) in [6.45, 7) is 3.90. The van der Waals surface area contributed by atoms with Gasteiger partial charge in [-0.25, -0.2) is 5.43 Å². The number of nitrogens with zero attached hydrogens (tertiary/aromatic N) is 2. The van der Waals surface area contributed by atoms with Gasteiger partial charge in [0.05, 0.1) is 6.21 Å². The summed E-state index contributed by atoms with van der Waals surface area (Å²) in [6.07, 6.45) is 1.55. The minimum atomic E-state index is -1.89. The Kier molecular flexibility index (Phi) is 6.89. The van der Waals surface area contributed by atoms with Crippen LogP contribution in [0.4, 0.5) is 0 Å². The van der Waals surface area contributed by atoms with Crippen LogP contribution in [0.5, 0.6) is 0 Å². The topological polar surface area (TPSA) is 66.6 Å². The first-order valence-corrected chi connectivity index (χ1v) is 11.4. The molecule has 2 N–H and O–H groups in total. The average molecular weight is 492 g/mol. The van der Waals surface area contributed by atoms with Crippen molar-refractivity contribution in [3.63, 3.8) is 0 Å². The maximum atomic E-state index is 13.2. The van der Waals surface area contributed by atoms with Gasteiger partial charge in [0.1, 0.15) is 0 Å². The molecular weight excluding hydrogens is 469 g/mol. The average Bonchev–Trinajstić information content (AvgIpc) is 3.11. The fraction of sp³-hybridized carbons (Fsp3) is 0.111. The monoisotopic (exact) mass is 491 g/mol. The first-order chi connectivity index (χ1) is 16.3. The Bertz CT molecular complexity index is 1290. The molecule has 0 aliphatic rings. The van der Waals surface area contributed by atoms with Gasteiger partial charge in [-0.05, 0) is 49.2 Å². The van der Waals surface area contributed by atoms with Crippen molar-refractivity contribution < 1.29 is 9.90 Å². The fourth-order valence-corrected chi connectivity index (χ4v) is 4.53. The molecule has 172 valence electrons. The Labute approximate surface area is 208 Å². The minimum absolute atomic E-state index is 0.449. The Balaban J connectivity index is 1.62. The van der Waals surface area contributed by atoms with Gasteiger partial charge >= 0.3 is 0 Å². The quantitative estimate of drug-likeness (QED) is 0.265. The van der Waals surface area contributed by atoms with Gasteiger partial charge in [-0.15, -0.1) is 0 Å². The Morgan fingerprint density at radius 2 is 1.44 bits per heavy atom. The lowest BCUT2D eigenvalue weighted by molar-refractivity contribution is -0.136. The van der Waals surface area contributed by atoms with E-state index in [2.05, 4.69) is 10.5 Å². The first kappa shape index (κ1) is 23.8. The standard InChI is InChI=1S/C27H23Cl2N3O2/c1-18-13-20(19(2)32(18)25-15-23(28)14-24(29)16-25)17-30-31-26(33)27(34,21-9-5-3-6-10-21)22-11-7-4-8-12-22/h3-17,34H,1-2H3,(H,31,33)/b30-17-. The summed E-state index contributed by atoms with van der Waals surface area (Å²) in [7, 11) is 0. The van der Waals surface area contributed by atoms with Crippen LogP contribution in [0.1, 0.15) is 28.1 Å². The predicted molar refractivity (Wildman–Crippen MR) is 137 cm³/mol. The van der Waals surface area contributed by atoms with Crippen LogP contribution in [0.2, 0.25) is 10.0 Å². The number of benzene rings is 3. The number of carbonyl (C=O) groups excluding carboxylic acids is 1. The van der Waals surface area contributed by atoms with E-state index in [0.29, 0.717) is 21.2 Å². The zero-order chi connectivity index (χ0) is 24.3. The van der Waals surface area contributed by atoms with Crippen molar-refractivity contribution in [3.8, 4) is 5.69 Å². The molecule has 1 heterocycles. The first-order valence-electron chi connectivity index (χ1n) is 10.6. The molecule has 0 aliphatic heterocycles. The third-order valence-electron chi connectivity index (χ3n) is 5.66. The molecule has 0 unspecified atom stereocenters. The lowest BCUT2D eigenvalue weighted by Gasteiger charge is -2.27. The van der Waals surface area contributed by atoms with Crippen LogP contribution in [0.15, 0.2) is 90.0 Å². The van der Waals surface area contributed by atoms with E-state index >= 15 is 0 Å². The van der Waals surface area contributed by atoms with E-state index in [1.165, 1.54) is 0 Å². The van der Waals surface area contributed by atoms with E-state index in [1.54, 1.807) is 60.8 Å². The molecule has 0 saturated carbocycles. The fourth-order valence-electron chi connectivity index (χ4n) is 4.01. The summed E-state index contributed by atoms with van der Waals surface area (Å²) in [5.74, 6) is -0.656. The van der Waals surface area contributed by atoms with Gasteiger partial charge in [0.25, 0.3) is 5.91 Å². The highest BCUT2D eigenvalue weighted by atomic mass is 35.5. The van der Waals surface area contributed by atoms with Crippen molar-refractivity contribution in [1.82, 2.24) is 9.99 Å². The number of nitrogens with one attached hydrogen (secondary N) is 1. The van der Waals surface area contributed by atoms with Gasteiger partial charge in [-0.3, -0.25) is 4.79 Å². The molecule has 0 saturated heterocycles. The van der Waals surface area contributed by atoms with Crippen LogP contribution in [0.25, 0.3) is 5.69 Å². The summed E-state index contributed by atoms with van der Waals surface area (Å²) in [6, 6.07) is 24.9. The van der Waals surface area contributed by atoms with Crippen LogP contribution in [-0.2, 0) is 10.4 Å². The lowest BCUT2D eigenvalue weighted by Crippen LogP contribution is -2.43. The number of carbonyl (C=O) groups is 1. The maximum Gasteiger partial charge on any atom is 0.281 e. The second-order valence-corrected chi connectivity index (χ2v) is 8.80. The van der Waals surface area contributed by atoms with Crippen molar-refractivity contribution >= 4 is 35.3 Å². The zero-order valence-electron chi connectivity index (χ0n) is 18.7. The SMILES string of the molecule is Cc1cc(/C=N\NC(=O)C(O)(c2ccccc2)c2ccccc2)c(C)n1-c1cc(Cl)cc(Cl)c1. The number of amides is 1. The number of hydrogen-bond acceptors (Lipinski definition) is 3. The third-order valence-corrected chi connectivity index (χ3v) is 6.09. The van der Waals surface area contributed by atoms with E-state index < -0.39 is 11.5 Å². The molecule has 4 rings (SSSR count).